The average Bonchev–Trinajstić information content (AvgIpc) is 1.90. The summed E-state index contributed by atoms with van der Waals surface area (Å²) in [5.74, 6) is 0. The van der Waals surface area contributed by atoms with Crippen LogP contribution in [0.3, 0.4) is 0 Å². The van der Waals surface area contributed by atoms with E-state index in [2.05, 4.69) is 19.1 Å². The summed E-state index contributed by atoms with van der Waals surface area (Å²) < 4.78 is 0. The van der Waals surface area contributed by atoms with Gasteiger partial charge in [0.1, 0.15) is 0 Å². The van der Waals surface area contributed by atoms with Crippen molar-refractivity contribution in [3.63, 3.8) is 0 Å². The van der Waals surface area contributed by atoms with E-state index in [1.54, 1.807) is 0 Å². The van der Waals surface area contributed by atoms with Crippen molar-refractivity contribution in [2.24, 2.45) is 0 Å². The second-order valence-corrected chi connectivity index (χ2v) is 1.74. The Kier molecular flexibility index (Phi) is 5.56. The third kappa shape index (κ3) is 3.24. The molecule has 45 valence electrons. The van der Waals surface area contributed by atoms with Crippen molar-refractivity contribution in [2.45, 2.75) is 13.3 Å². The molecule has 0 aliphatic heterocycles. The van der Waals surface area contributed by atoms with Crippen LogP contribution in [0.25, 0.3) is 0 Å². The van der Waals surface area contributed by atoms with Crippen LogP contribution in [0.5, 0.6) is 0 Å². The van der Waals surface area contributed by atoms with Crippen LogP contribution in [0, 0.1) is 6.07 Å². The first-order valence-corrected chi connectivity index (χ1v) is 2.89. The van der Waals surface area contributed by atoms with E-state index in [1.807, 2.05) is 18.2 Å². The quantitative estimate of drug-likeness (QED) is 0.522. The van der Waals surface area contributed by atoms with Gasteiger partial charge >= 0.3 is 37.7 Å². The summed E-state index contributed by atoms with van der Waals surface area (Å²) in [6.45, 7) is 2.13. The molecule has 9 heavy (non-hydrogen) atoms. The molecule has 1 rings (SSSR count). The Bertz CT molecular complexity index is 146. The van der Waals surface area contributed by atoms with Gasteiger partial charge in [0.25, 0.3) is 0 Å². The Labute approximate surface area is 86.3 Å². The van der Waals surface area contributed by atoms with Crippen LogP contribution in [-0.4, -0.2) is 37.7 Å². The molecular weight excluding hydrogens is 136 g/mol. The van der Waals surface area contributed by atoms with E-state index in [0.29, 0.717) is 0 Å². The maximum atomic E-state index is 3.12. The van der Waals surface area contributed by atoms with Gasteiger partial charge in [-0.15, -0.1) is 0 Å². The molecule has 1 aromatic carbocycles. The van der Waals surface area contributed by atoms with Crippen LogP contribution in [0.15, 0.2) is 24.3 Å². The molecule has 0 saturated carbocycles. The molecule has 0 unspecified atom stereocenters. The molecule has 0 bridgehead atoms. The Morgan fingerprint density at radius 1 is 1.44 bits per heavy atom. The second-order valence-electron chi connectivity index (χ2n) is 1.74. The molecule has 0 nitrogen and oxygen atoms in total. The Morgan fingerprint density at radius 3 is 2.56 bits per heavy atom. The third-order valence-electron chi connectivity index (χ3n) is 1.15. The fourth-order valence-electron chi connectivity index (χ4n) is 0.650. The van der Waals surface area contributed by atoms with E-state index in [-0.39, 0.29) is 37.7 Å². The van der Waals surface area contributed by atoms with Crippen LogP contribution in [0.1, 0.15) is 12.5 Å². The summed E-state index contributed by atoms with van der Waals surface area (Å²) in [5.41, 5.74) is 1.28. The Balaban J connectivity index is 0.000000640. The number of aryl methyl sites for hydroxylation is 1. The Hall–Kier alpha value is 0.480. The zero-order chi connectivity index (χ0) is 5.82. The molecule has 1 heteroatoms. The normalized spacial score (nSPS) is 8.11. The maximum absolute atomic E-state index is 3.12. The third-order valence-corrected chi connectivity index (χ3v) is 1.15. The number of rotatable bonds is 1. The number of benzene rings is 1. The van der Waals surface area contributed by atoms with Gasteiger partial charge in [-0.05, 0) is 18.1 Å². The first-order chi connectivity index (χ1) is 3.93. The first kappa shape index (κ1) is 9.48. The summed E-state index contributed by atoms with van der Waals surface area (Å²) in [6.07, 6.45) is 1.08. The van der Waals surface area contributed by atoms with Crippen molar-refractivity contribution < 1.29 is 0 Å². The topological polar surface area (TPSA) is 0 Å². The predicted molar refractivity (Wildman–Crippen MR) is 43.2 cm³/mol. The van der Waals surface area contributed by atoms with Crippen molar-refractivity contribution in [2.75, 3.05) is 0 Å². The van der Waals surface area contributed by atoms with Crippen LogP contribution in [0.2, 0.25) is 0 Å². The van der Waals surface area contributed by atoms with Crippen molar-refractivity contribution in [1.29, 1.82) is 0 Å². The summed E-state index contributed by atoms with van der Waals surface area (Å²) >= 11 is 0. The van der Waals surface area contributed by atoms with Gasteiger partial charge in [0.15, 0.2) is 0 Å². The Morgan fingerprint density at radius 2 is 2.22 bits per heavy atom. The van der Waals surface area contributed by atoms with Crippen molar-refractivity contribution in [3.8, 4) is 0 Å². The summed E-state index contributed by atoms with van der Waals surface area (Å²) in [7, 11) is 0. The van der Waals surface area contributed by atoms with Gasteiger partial charge in [0.2, 0.25) is 0 Å². The van der Waals surface area contributed by atoms with Crippen LogP contribution in [0.4, 0.5) is 0 Å². The molecule has 1 radical (unpaired) electrons. The molecule has 0 N–H and O–H groups in total. The molecular formula is C8H11Ca. The van der Waals surface area contributed by atoms with E-state index in [1.165, 1.54) is 5.56 Å². The molecule has 0 atom stereocenters. The van der Waals surface area contributed by atoms with Crippen LogP contribution < -0.4 is 0 Å². The van der Waals surface area contributed by atoms with Gasteiger partial charge in [-0.1, -0.05) is 31.2 Å². The molecule has 0 fully saturated rings. The van der Waals surface area contributed by atoms with Crippen molar-refractivity contribution >= 4 is 37.7 Å². The molecule has 0 spiro atoms. The van der Waals surface area contributed by atoms with Crippen LogP contribution in [-0.2, 0) is 6.42 Å². The van der Waals surface area contributed by atoms with Gasteiger partial charge in [-0.3, -0.25) is 0 Å². The second kappa shape index (κ2) is 5.28. The van der Waals surface area contributed by atoms with E-state index in [0.717, 1.165) is 6.42 Å². The van der Waals surface area contributed by atoms with E-state index < -0.39 is 0 Å². The zero-order valence-corrected chi connectivity index (χ0v) is 5.02. The van der Waals surface area contributed by atoms with Gasteiger partial charge in [0, 0.05) is 0 Å². The molecule has 0 heterocycles. The summed E-state index contributed by atoms with van der Waals surface area (Å²) in [4.78, 5) is 0. The van der Waals surface area contributed by atoms with E-state index >= 15 is 0 Å². The predicted octanol–water partition coefficient (Wildman–Crippen LogP) is 1.13. The molecule has 0 aliphatic carbocycles. The van der Waals surface area contributed by atoms with Crippen molar-refractivity contribution in [3.05, 3.63) is 35.9 Å². The van der Waals surface area contributed by atoms with Crippen molar-refractivity contribution in [1.82, 2.24) is 0 Å². The molecule has 1 aromatic rings. The summed E-state index contributed by atoms with van der Waals surface area (Å²) in [6, 6.07) is 11.2. The monoisotopic (exact) mass is 147 g/mol. The number of hydrogen-bond acceptors (Lipinski definition) is 0. The molecule has 0 saturated heterocycles. The fraction of sp³-hybridized carbons (Fsp3) is 0.250. The van der Waals surface area contributed by atoms with Gasteiger partial charge in [0.05, 0.1) is 0 Å². The SMILES string of the molecule is CCc1[c]cccc1.[CaH2]. The minimum absolute atomic E-state index is 0. The average molecular weight is 147 g/mol. The molecule has 0 aliphatic rings. The standard InChI is InChI=1S/C8H9.Ca.2H/c1-2-8-6-4-3-5-7-8;;;/h3-6H,2H2,1H3;;;. The van der Waals surface area contributed by atoms with E-state index in [4.69, 9.17) is 0 Å². The summed E-state index contributed by atoms with van der Waals surface area (Å²) in [5, 5.41) is 0. The first-order valence-electron chi connectivity index (χ1n) is 2.89. The van der Waals surface area contributed by atoms with Crippen LogP contribution >= 0.6 is 0 Å². The molecule has 0 aromatic heterocycles. The zero-order valence-electron chi connectivity index (χ0n) is 5.02. The minimum atomic E-state index is 0. The number of hydrogen-bond donors (Lipinski definition) is 0. The fourth-order valence-corrected chi connectivity index (χ4v) is 0.650. The van der Waals surface area contributed by atoms with E-state index in [9.17, 15) is 0 Å². The molecule has 0 amide bonds. The van der Waals surface area contributed by atoms with Gasteiger partial charge in [-0.2, -0.15) is 0 Å². The van der Waals surface area contributed by atoms with Gasteiger partial charge in [-0.25, -0.2) is 0 Å². The van der Waals surface area contributed by atoms with Gasteiger partial charge < -0.3 is 0 Å².